The van der Waals surface area contributed by atoms with Crippen molar-refractivity contribution in [1.29, 1.82) is 5.26 Å². The molecule has 0 atom stereocenters. The van der Waals surface area contributed by atoms with Crippen LogP contribution >= 0.6 is 28.1 Å². The molecule has 0 bridgehead atoms. The summed E-state index contributed by atoms with van der Waals surface area (Å²) in [5.74, 6) is -0.380. The van der Waals surface area contributed by atoms with E-state index in [4.69, 9.17) is 12.2 Å². The molecule has 2 aromatic carbocycles. The molecule has 0 fully saturated rings. The molecule has 3 rings (SSSR count). The molecule has 0 aliphatic carbocycles. The second-order valence-corrected chi connectivity index (χ2v) is 5.42. The molecule has 6 heteroatoms. The first-order chi connectivity index (χ1) is 9.61. The first-order valence-corrected chi connectivity index (χ1v) is 6.91. The number of nitrogens with zero attached hydrogens (tertiary/aromatic N) is 2. The van der Waals surface area contributed by atoms with Crippen molar-refractivity contribution in [3.63, 3.8) is 0 Å². The van der Waals surface area contributed by atoms with Crippen molar-refractivity contribution < 1.29 is 4.39 Å². The van der Waals surface area contributed by atoms with Crippen LogP contribution in [0.5, 0.6) is 0 Å². The molecule has 0 saturated heterocycles. The van der Waals surface area contributed by atoms with Crippen LogP contribution in [0.3, 0.4) is 0 Å². The second-order valence-electron chi connectivity index (χ2n) is 4.18. The number of aromatic nitrogens is 2. The summed E-state index contributed by atoms with van der Waals surface area (Å²) in [5.41, 5.74) is 2.41. The first kappa shape index (κ1) is 13.0. The van der Waals surface area contributed by atoms with E-state index in [1.807, 2.05) is 6.07 Å². The van der Waals surface area contributed by atoms with Gasteiger partial charge in [0.25, 0.3) is 0 Å². The fourth-order valence-corrected chi connectivity index (χ4v) is 2.75. The zero-order valence-corrected chi connectivity index (χ0v) is 12.4. The van der Waals surface area contributed by atoms with Crippen LogP contribution in [0, 0.1) is 21.9 Å². The lowest BCUT2D eigenvalue weighted by molar-refractivity contribution is 0.622. The van der Waals surface area contributed by atoms with Gasteiger partial charge < -0.3 is 4.98 Å². The molecule has 0 radical (unpaired) electrons. The molecule has 0 aliphatic rings. The Bertz CT molecular complexity index is 920. The lowest BCUT2D eigenvalue weighted by Crippen LogP contribution is -1.97. The molecule has 3 nitrogen and oxygen atoms in total. The lowest BCUT2D eigenvalue weighted by Gasteiger charge is -2.06. The Morgan fingerprint density at radius 2 is 2.05 bits per heavy atom. The highest BCUT2D eigenvalue weighted by Crippen LogP contribution is 2.26. The minimum Gasteiger partial charge on any atom is -0.330 e. The Morgan fingerprint density at radius 3 is 2.80 bits per heavy atom. The van der Waals surface area contributed by atoms with Crippen LogP contribution in [0.4, 0.5) is 4.39 Å². The van der Waals surface area contributed by atoms with E-state index in [0.29, 0.717) is 31.5 Å². The Balaban J connectivity index is 2.43. The van der Waals surface area contributed by atoms with Crippen LogP contribution in [0.2, 0.25) is 0 Å². The monoisotopic (exact) mass is 347 g/mol. The second kappa shape index (κ2) is 4.85. The average molecular weight is 348 g/mol. The van der Waals surface area contributed by atoms with Crippen molar-refractivity contribution in [2.45, 2.75) is 0 Å². The topological polar surface area (TPSA) is 44.5 Å². The summed E-state index contributed by atoms with van der Waals surface area (Å²) < 4.78 is 16.2. The largest absolute Gasteiger partial charge is 0.330 e. The number of fused-ring (bicyclic) bond motifs is 1. The summed E-state index contributed by atoms with van der Waals surface area (Å²) in [7, 11) is 0. The molecule has 0 amide bonds. The van der Waals surface area contributed by atoms with Gasteiger partial charge in [-0.05, 0) is 46.3 Å². The zero-order valence-electron chi connectivity index (χ0n) is 10.0. The maximum Gasteiger partial charge on any atom is 0.182 e. The minimum atomic E-state index is -0.380. The number of hydrogen-bond acceptors (Lipinski definition) is 2. The summed E-state index contributed by atoms with van der Waals surface area (Å²) in [5, 5.41) is 9.19. The van der Waals surface area contributed by atoms with Gasteiger partial charge in [-0.2, -0.15) is 5.26 Å². The van der Waals surface area contributed by atoms with Crippen molar-refractivity contribution in [2.75, 3.05) is 0 Å². The van der Waals surface area contributed by atoms with Gasteiger partial charge in [-0.25, -0.2) is 4.39 Å². The highest BCUT2D eigenvalue weighted by molar-refractivity contribution is 9.10. The number of halogens is 2. The van der Waals surface area contributed by atoms with Crippen molar-refractivity contribution in [3.05, 3.63) is 57.0 Å². The van der Waals surface area contributed by atoms with Gasteiger partial charge in [0.1, 0.15) is 11.9 Å². The van der Waals surface area contributed by atoms with Crippen LogP contribution in [0.1, 0.15) is 5.56 Å². The minimum absolute atomic E-state index is 0.363. The van der Waals surface area contributed by atoms with Crippen LogP contribution in [-0.2, 0) is 0 Å². The van der Waals surface area contributed by atoms with E-state index in [2.05, 4.69) is 27.0 Å². The SMILES string of the molecule is N#Cc1ccccc1-n1c(=S)[nH]c2cc(Br)c(F)cc21. The molecular weight excluding hydrogens is 341 g/mol. The quantitative estimate of drug-likeness (QED) is 0.660. The maximum atomic E-state index is 13.8. The van der Waals surface area contributed by atoms with Crippen molar-refractivity contribution in [3.8, 4) is 11.8 Å². The maximum absolute atomic E-state index is 13.8. The molecule has 0 saturated carbocycles. The van der Waals surface area contributed by atoms with E-state index in [0.717, 1.165) is 0 Å². The van der Waals surface area contributed by atoms with Gasteiger partial charge in [-0.1, -0.05) is 12.1 Å². The fourth-order valence-electron chi connectivity index (χ4n) is 2.10. The number of rotatable bonds is 1. The van der Waals surface area contributed by atoms with Gasteiger partial charge in [0.05, 0.1) is 26.8 Å². The number of para-hydroxylation sites is 1. The van der Waals surface area contributed by atoms with E-state index < -0.39 is 0 Å². The predicted octanol–water partition coefficient (Wildman–Crippen LogP) is 4.46. The van der Waals surface area contributed by atoms with Gasteiger partial charge in [-0.15, -0.1) is 0 Å². The number of nitriles is 1. The fraction of sp³-hybridized carbons (Fsp3) is 0. The summed E-state index contributed by atoms with van der Waals surface area (Å²) >= 11 is 8.43. The van der Waals surface area contributed by atoms with E-state index in [1.54, 1.807) is 28.8 Å². The molecule has 98 valence electrons. The van der Waals surface area contributed by atoms with Crippen molar-refractivity contribution in [2.24, 2.45) is 0 Å². The van der Waals surface area contributed by atoms with Crippen LogP contribution in [-0.4, -0.2) is 9.55 Å². The Labute approximate surface area is 127 Å². The zero-order chi connectivity index (χ0) is 14.3. The molecule has 0 aliphatic heterocycles. The number of benzene rings is 2. The normalized spacial score (nSPS) is 10.7. The lowest BCUT2D eigenvalue weighted by atomic mass is 10.2. The molecular formula is C14H7BrFN3S. The van der Waals surface area contributed by atoms with Gasteiger partial charge in [-0.3, -0.25) is 4.57 Å². The van der Waals surface area contributed by atoms with E-state index in [-0.39, 0.29) is 5.82 Å². The van der Waals surface area contributed by atoms with Crippen LogP contribution in [0.15, 0.2) is 40.9 Å². The number of nitrogens with one attached hydrogen (secondary N) is 1. The third-order valence-corrected chi connectivity index (χ3v) is 3.88. The highest BCUT2D eigenvalue weighted by Gasteiger charge is 2.12. The Kier molecular flexibility index (Phi) is 3.16. The van der Waals surface area contributed by atoms with Gasteiger partial charge >= 0.3 is 0 Å². The third-order valence-electron chi connectivity index (χ3n) is 2.99. The molecule has 3 aromatic rings. The molecule has 1 heterocycles. The highest BCUT2D eigenvalue weighted by atomic mass is 79.9. The van der Waals surface area contributed by atoms with Gasteiger partial charge in [0.2, 0.25) is 0 Å². The first-order valence-electron chi connectivity index (χ1n) is 5.71. The van der Waals surface area contributed by atoms with Crippen LogP contribution in [0.25, 0.3) is 16.7 Å². The average Bonchev–Trinajstić information content (AvgIpc) is 2.74. The van der Waals surface area contributed by atoms with Crippen LogP contribution < -0.4 is 0 Å². The van der Waals surface area contributed by atoms with Crippen molar-refractivity contribution >= 4 is 39.2 Å². The number of H-pyrrole nitrogens is 1. The summed E-state index contributed by atoms with van der Waals surface area (Å²) in [6.45, 7) is 0. The Hall–Kier alpha value is -1.97. The molecule has 0 unspecified atom stereocenters. The smallest absolute Gasteiger partial charge is 0.182 e. The summed E-state index contributed by atoms with van der Waals surface area (Å²) in [6, 6.07) is 12.2. The summed E-state index contributed by atoms with van der Waals surface area (Å²) in [6.07, 6.45) is 0. The molecule has 0 spiro atoms. The number of aromatic amines is 1. The van der Waals surface area contributed by atoms with Gasteiger partial charge in [0.15, 0.2) is 4.77 Å². The predicted molar refractivity (Wildman–Crippen MR) is 80.8 cm³/mol. The van der Waals surface area contributed by atoms with E-state index >= 15 is 0 Å². The molecule has 1 aromatic heterocycles. The molecule has 1 N–H and O–H groups in total. The van der Waals surface area contributed by atoms with E-state index in [9.17, 15) is 9.65 Å². The standard InChI is InChI=1S/C14H7BrFN3S/c15-9-5-11-13(6-10(9)16)19(14(20)18-11)12-4-2-1-3-8(12)7-17/h1-6H,(H,18,20). The van der Waals surface area contributed by atoms with Gasteiger partial charge in [0, 0.05) is 6.07 Å². The Morgan fingerprint density at radius 1 is 1.30 bits per heavy atom. The number of imidazole rings is 1. The van der Waals surface area contributed by atoms with E-state index in [1.165, 1.54) is 6.07 Å². The summed E-state index contributed by atoms with van der Waals surface area (Å²) in [4.78, 5) is 3.02. The third kappa shape index (κ3) is 1.96. The molecule has 20 heavy (non-hydrogen) atoms. The number of hydrogen-bond donors (Lipinski definition) is 1. The van der Waals surface area contributed by atoms with Crippen molar-refractivity contribution in [1.82, 2.24) is 9.55 Å².